The Morgan fingerprint density at radius 3 is 1.89 bits per heavy atom. The topological polar surface area (TPSA) is 65.0 Å². The van der Waals surface area contributed by atoms with Crippen LogP contribution in [0.2, 0.25) is 0 Å². The fourth-order valence-electron chi connectivity index (χ4n) is 1.82. The molecular weight excluding hydrogens is 248 g/mol. The van der Waals surface area contributed by atoms with Gasteiger partial charge in [-0.2, -0.15) is 0 Å². The molecular formula is C14H20O5. The fourth-order valence-corrected chi connectivity index (χ4v) is 1.82. The van der Waals surface area contributed by atoms with Crippen LogP contribution in [0.5, 0.6) is 17.2 Å². The first-order valence-electron chi connectivity index (χ1n) is 5.88. The molecule has 0 spiro atoms. The number of carboxylic acid groups (broad SMARTS) is 1. The number of benzene rings is 1. The lowest BCUT2D eigenvalue weighted by atomic mass is 9.86. The molecule has 5 heteroatoms. The highest BCUT2D eigenvalue weighted by Crippen LogP contribution is 2.39. The molecule has 0 saturated carbocycles. The Bertz CT molecular complexity index is 440. The number of carboxylic acids is 1. The van der Waals surface area contributed by atoms with Crippen molar-refractivity contribution in [3.05, 3.63) is 17.7 Å². The molecule has 0 aliphatic rings. The molecule has 0 saturated heterocycles. The van der Waals surface area contributed by atoms with E-state index < -0.39 is 11.4 Å². The van der Waals surface area contributed by atoms with Gasteiger partial charge in [0, 0.05) is 0 Å². The Hall–Kier alpha value is -1.91. The van der Waals surface area contributed by atoms with Crippen molar-refractivity contribution in [2.75, 3.05) is 21.3 Å². The molecule has 0 aliphatic carbocycles. The summed E-state index contributed by atoms with van der Waals surface area (Å²) in [5, 5.41) is 9.17. The molecule has 0 unspecified atom stereocenters. The first-order chi connectivity index (χ1) is 8.85. The van der Waals surface area contributed by atoms with E-state index in [9.17, 15) is 4.79 Å². The van der Waals surface area contributed by atoms with Gasteiger partial charge in [0.2, 0.25) is 5.75 Å². The van der Waals surface area contributed by atoms with Crippen molar-refractivity contribution in [2.24, 2.45) is 5.41 Å². The summed E-state index contributed by atoms with van der Waals surface area (Å²) in [7, 11) is 4.59. The summed E-state index contributed by atoms with van der Waals surface area (Å²) < 4.78 is 15.7. The summed E-state index contributed by atoms with van der Waals surface area (Å²) in [4.78, 5) is 11.2. The number of aliphatic carboxylic acids is 1. The van der Waals surface area contributed by atoms with Crippen LogP contribution in [0.3, 0.4) is 0 Å². The number of carbonyl (C=O) groups is 1. The molecule has 0 bridgehead atoms. The first-order valence-corrected chi connectivity index (χ1v) is 5.88. The van der Waals surface area contributed by atoms with E-state index in [0.29, 0.717) is 23.7 Å². The molecule has 1 aromatic rings. The molecule has 1 rings (SSSR count). The lowest BCUT2D eigenvalue weighted by Crippen LogP contribution is -2.26. The van der Waals surface area contributed by atoms with Crippen molar-refractivity contribution in [2.45, 2.75) is 20.3 Å². The minimum Gasteiger partial charge on any atom is -0.493 e. The summed E-state index contributed by atoms with van der Waals surface area (Å²) in [5.74, 6) is 0.708. The molecule has 0 fully saturated rings. The van der Waals surface area contributed by atoms with Crippen LogP contribution < -0.4 is 14.2 Å². The minimum atomic E-state index is -0.857. The third-order valence-corrected chi connectivity index (χ3v) is 2.95. The molecule has 1 aromatic carbocycles. The van der Waals surface area contributed by atoms with Gasteiger partial charge < -0.3 is 19.3 Å². The molecule has 5 nitrogen and oxygen atoms in total. The van der Waals surface area contributed by atoms with E-state index in [4.69, 9.17) is 19.3 Å². The SMILES string of the molecule is COc1cc(CC(C)(C)C(=O)O)cc(OC)c1OC. The van der Waals surface area contributed by atoms with Crippen molar-refractivity contribution < 1.29 is 24.1 Å². The lowest BCUT2D eigenvalue weighted by molar-refractivity contribution is -0.146. The minimum absolute atomic E-state index is 0.374. The maximum atomic E-state index is 11.2. The van der Waals surface area contributed by atoms with E-state index in [0.717, 1.165) is 5.56 Å². The molecule has 0 aromatic heterocycles. The molecule has 0 radical (unpaired) electrons. The van der Waals surface area contributed by atoms with Crippen LogP contribution in [-0.2, 0) is 11.2 Å². The predicted molar refractivity (Wildman–Crippen MR) is 71.2 cm³/mol. The van der Waals surface area contributed by atoms with Gasteiger partial charge in [-0.15, -0.1) is 0 Å². The van der Waals surface area contributed by atoms with Crippen LogP contribution >= 0.6 is 0 Å². The number of methoxy groups -OCH3 is 3. The Kier molecular flexibility index (Phi) is 4.64. The zero-order valence-corrected chi connectivity index (χ0v) is 11.9. The van der Waals surface area contributed by atoms with Crippen LogP contribution in [0.15, 0.2) is 12.1 Å². The first kappa shape index (κ1) is 15.1. The lowest BCUT2D eigenvalue weighted by Gasteiger charge is -2.20. The summed E-state index contributed by atoms with van der Waals surface area (Å²) in [6.07, 6.45) is 0.374. The Morgan fingerprint density at radius 2 is 1.58 bits per heavy atom. The third kappa shape index (κ3) is 3.30. The monoisotopic (exact) mass is 268 g/mol. The molecule has 1 N–H and O–H groups in total. The highest BCUT2D eigenvalue weighted by Gasteiger charge is 2.28. The maximum absolute atomic E-state index is 11.2. The zero-order valence-electron chi connectivity index (χ0n) is 11.9. The zero-order chi connectivity index (χ0) is 14.6. The van der Waals surface area contributed by atoms with E-state index in [1.807, 2.05) is 0 Å². The molecule has 0 aliphatic heterocycles. The average Bonchev–Trinajstić information content (AvgIpc) is 2.36. The second kappa shape index (κ2) is 5.82. The van der Waals surface area contributed by atoms with E-state index in [2.05, 4.69) is 0 Å². The van der Waals surface area contributed by atoms with E-state index in [1.165, 1.54) is 21.3 Å². The van der Waals surface area contributed by atoms with Crippen molar-refractivity contribution in [3.63, 3.8) is 0 Å². The largest absolute Gasteiger partial charge is 0.493 e. The summed E-state index contributed by atoms with van der Waals surface area (Å²) >= 11 is 0. The van der Waals surface area contributed by atoms with E-state index >= 15 is 0 Å². The average molecular weight is 268 g/mol. The summed E-state index contributed by atoms with van der Waals surface area (Å²) in [5.41, 5.74) is -0.0353. The molecule has 19 heavy (non-hydrogen) atoms. The van der Waals surface area contributed by atoms with Crippen LogP contribution in [0.1, 0.15) is 19.4 Å². The molecule has 0 atom stereocenters. The highest BCUT2D eigenvalue weighted by atomic mass is 16.5. The second-order valence-electron chi connectivity index (χ2n) is 4.90. The quantitative estimate of drug-likeness (QED) is 0.858. The number of hydrogen-bond acceptors (Lipinski definition) is 4. The third-order valence-electron chi connectivity index (χ3n) is 2.95. The normalized spacial score (nSPS) is 11.0. The van der Waals surface area contributed by atoms with Gasteiger partial charge in [-0.25, -0.2) is 0 Å². The van der Waals surface area contributed by atoms with Gasteiger partial charge in [-0.05, 0) is 38.0 Å². The van der Waals surface area contributed by atoms with Gasteiger partial charge in [0.05, 0.1) is 26.7 Å². The van der Waals surface area contributed by atoms with Crippen molar-refractivity contribution in [3.8, 4) is 17.2 Å². The second-order valence-corrected chi connectivity index (χ2v) is 4.90. The van der Waals surface area contributed by atoms with Gasteiger partial charge in [-0.1, -0.05) is 0 Å². The van der Waals surface area contributed by atoms with E-state index in [-0.39, 0.29) is 0 Å². The molecule has 0 amide bonds. The van der Waals surface area contributed by atoms with Gasteiger partial charge in [0.1, 0.15) is 0 Å². The summed E-state index contributed by atoms with van der Waals surface area (Å²) in [6.45, 7) is 3.36. The van der Waals surface area contributed by atoms with Crippen LogP contribution in [0.4, 0.5) is 0 Å². The Balaban J connectivity index is 3.20. The number of ether oxygens (including phenoxy) is 3. The predicted octanol–water partition coefficient (Wildman–Crippen LogP) is 2.37. The van der Waals surface area contributed by atoms with E-state index in [1.54, 1.807) is 26.0 Å². The van der Waals surface area contributed by atoms with Crippen molar-refractivity contribution in [1.82, 2.24) is 0 Å². The van der Waals surface area contributed by atoms with Crippen LogP contribution in [-0.4, -0.2) is 32.4 Å². The van der Waals surface area contributed by atoms with Crippen molar-refractivity contribution >= 4 is 5.97 Å². The highest BCUT2D eigenvalue weighted by molar-refractivity contribution is 5.74. The standard InChI is InChI=1S/C14H20O5/c1-14(2,13(15)16)8-9-6-10(17-3)12(19-5)11(7-9)18-4/h6-7H,8H2,1-5H3,(H,15,16). The fraction of sp³-hybridized carbons (Fsp3) is 0.500. The van der Waals surface area contributed by atoms with Gasteiger partial charge >= 0.3 is 5.97 Å². The van der Waals surface area contributed by atoms with Gasteiger partial charge in [-0.3, -0.25) is 4.79 Å². The van der Waals surface area contributed by atoms with Gasteiger partial charge in [0.15, 0.2) is 11.5 Å². The van der Waals surface area contributed by atoms with Crippen LogP contribution in [0.25, 0.3) is 0 Å². The smallest absolute Gasteiger partial charge is 0.309 e. The van der Waals surface area contributed by atoms with Crippen molar-refractivity contribution in [1.29, 1.82) is 0 Å². The van der Waals surface area contributed by atoms with Gasteiger partial charge in [0.25, 0.3) is 0 Å². The number of hydrogen-bond donors (Lipinski definition) is 1. The molecule has 0 heterocycles. The van der Waals surface area contributed by atoms with Crippen LogP contribution in [0, 0.1) is 5.41 Å². The molecule has 106 valence electrons. The Labute approximate surface area is 113 Å². The maximum Gasteiger partial charge on any atom is 0.309 e. The number of rotatable bonds is 6. The summed E-state index contributed by atoms with van der Waals surface area (Å²) in [6, 6.07) is 3.54. The Morgan fingerprint density at radius 1 is 1.11 bits per heavy atom.